The molecule has 1 amide bonds. The summed E-state index contributed by atoms with van der Waals surface area (Å²) in [5.41, 5.74) is 0.0484. The molecule has 0 radical (unpaired) electrons. The van der Waals surface area contributed by atoms with Crippen LogP contribution in [0.25, 0.3) is 0 Å². The van der Waals surface area contributed by atoms with E-state index in [1.807, 2.05) is 23.1 Å². The third-order valence-electron chi connectivity index (χ3n) is 5.58. The molecule has 4 rings (SSSR count). The van der Waals surface area contributed by atoms with Crippen LogP contribution < -0.4 is 15.0 Å². The molecule has 2 heterocycles. The number of halogens is 2. The molecule has 0 aromatic heterocycles. The summed E-state index contributed by atoms with van der Waals surface area (Å²) in [7, 11) is 0. The summed E-state index contributed by atoms with van der Waals surface area (Å²) in [6, 6.07) is 10.1. The first-order valence-corrected chi connectivity index (χ1v) is 9.89. The van der Waals surface area contributed by atoms with Crippen molar-refractivity contribution in [2.24, 2.45) is 0 Å². The lowest BCUT2D eigenvalue weighted by Crippen LogP contribution is -2.58. The lowest BCUT2D eigenvalue weighted by Gasteiger charge is -2.43. The maximum absolute atomic E-state index is 14.0. The van der Waals surface area contributed by atoms with Crippen molar-refractivity contribution in [3.63, 3.8) is 0 Å². The van der Waals surface area contributed by atoms with Crippen molar-refractivity contribution < 1.29 is 24.1 Å². The second-order valence-electron chi connectivity index (χ2n) is 7.50. The third-order valence-corrected chi connectivity index (χ3v) is 5.90. The predicted molar refractivity (Wildman–Crippen MR) is 108 cm³/mol. The minimum Gasteiger partial charge on any atom is -0.490 e. The summed E-state index contributed by atoms with van der Waals surface area (Å²) in [5, 5.41) is 24.7. The minimum atomic E-state index is -1.45. The molecule has 2 atom stereocenters. The molecule has 0 bridgehead atoms. The number of hydrogen-bond acceptors (Lipinski definition) is 5. The smallest absolute Gasteiger partial charge is 0.224 e. The van der Waals surface area contributed by atoms with Crippen LogP contribution in [0.15, 0.2) is 36.4 Å². The van der Waals surface area contributed by atoms with Crippen LogP contribution in [-0.2, 0) is 11.2 Å². The van der Waals surface area contributed by atoms with Crippen LogP contribution in [0.3, 0.4) is 0 Å². The van der Waals surface area contributed by atoms with Crippen molar-refractivity contribution in [1.82, 2.24) is 0 Å². The van der Waals surface area contributed by atoms with Gasteiger partial charge in [0, 0.05) is 25.1 Å². The molecule has 0 saturated carbocycles. The zero-order valence-corrected chi connectivity index (χ0v) is 16.5. The Bertz CT molecular complexity index is 941. The fourth-order valence-electron chi connectivity index (χ4n) is 3.82. The highest BCUT2D eigenvalue weighted by Gasteiger charge is 2.42. The first-order chi connectivity index (χ1) is 13.9. The molecule has 0 unspecified atom stereocenters. The number of carbonyl (C=O) groups is 1. The first-order valence-electron chi connectivity index (χ1n) is 9.51. The summed E-state index contributed by atoms with van der Waals surface area (Å²) >= 11 is 6.24. The maximum atomic E-state index is 14.0. The number of para-hydroxylation sites is 1. The predicted octanol–water partition coefficient (Wildman–Crippen LogP) is 2.74. The van der Waals surface area contributed by atoms with Crippen LogP contribution in [0.5, 0.6) is 5.75 Å². The second-order valence-corrected chi connectivity index (χ2v) is 7.91. The van der Waals surface area contributed by atoms with Gasteiger partial charge in [-0.3, -0.25) is 4.79 Å². The number of fused-ring (bicyclic) bond motifs is 1. The Balaban J connectivity index is 1.46. The highest BCUT2D eigenvalue weighted by molar-refractivity contribution is 6.33. The third kappa shape index (κ3) is 3.90. The second kappa shape index (κ2) is 7.82. The van der Waals surface area contributed by atoms with E-state index >= 15 is 0 Å². The van der Waals surface area contributed by atoms with Gasteiger partial charge >= 0.3 is 0 Å². The fraction of sp³-hybridized carbons (Fsp3) is 0.381. The molecule has 2 aliphatic rings. The molecule has 2 aliphatic heterocycles. The molecule has 6 nitrogen and oxygen atoms in total. The van der Waals surface area contributed by atoms with Crippen molar-refractivity contribution in [2.75, 3.05) is 29.9 Å². The number of aliphatic hydroxyl groups excluding tert-OH is 1. The van der Waals surface area contributed by atoms with Gasteiger partial charge in [-0.15, -0.1) is 0 Å². The number of aliphatic hydroxyl groups is 2. The molecule has 154 valence electrons. The van der Waals surface area contributed by atoms with E-state index in [1.54, 1.807) is 6.07 Å². The summed E-state index contributed by atoms with van der Waals surface area (Å²) in [6.45, 7) is 0.565. The van der Waals surface area contributed by atoms with Crippen molar-refractivity contribution in [3.8, 4) is 5.75 Å². The number of piperidine rings is 1. The van der Waals surface area contributed by atoms with E-state index in [-0.39, 0.29) is 37.6 Å². The van der Waals surface area contributed by atoms with Gasteiger partial charge in [-0.05, 0) is 37.1 Å². The van der Waals surface area contributed by atoms with Gasteiger partial charge in [-0.1, -0.05) is 23.7 Å². The van der Waals surface area contributed by atoms with Gasteiger partial charge in [0.1, 0.15) is 29.9 Å². The van der Waals surface area contributed by atoms with E-state index in [4.69, 9.17) is 16.3 Å². The van der Waals surface area contributed by atoms with Gasteiger partial charge in [0.2, 0.25) is 5.91 Å². The van der Waals surface area contributed by atoms with Crippen molar-refractivity contribution in [3.05, 3.63) is 52.8 Å². The van der Waals surface area contributed by atoms with E-state index in [9.17, 15) is 19.4 Å². The van der Waals surface area contributed by atoms with E-state index in [2.05, 4.69) is 5.32 Å². The van der Waals surface area contributed by atoms with Gasteiger partial charge < -0.3 is 25.2 Å². The molecule has 1 saturated heterocycles. The van der Waals surface area contributed by atoms with Crippen molar-refractivity contribution in [2.45, 2.75) is 31.0 Å². The lowest BCUT2D eigenvalue weighted by atomic mass is 9.89. The number of nitrogens with one attached hydrogen (secondary N) is 1. The minimum absolute atomic E-state index is 0.125. The molecule has 0 aliphatic carbocycles. The average Bonchev–Trinajstić information content (AvgIpc) is 2.71. The number of nitrogens with zero attached hydrogens (tertiary/aromatic N) is 1. The highest BCUT2D eigenvalue weighted by atomic mass is 35.5. The van der Waals surface area contributed by atoms with Crippen LogP contribution in [0, 0.1) is 5.82 Å². The van der Waals surface area contributed by atoms with E-state index in [0.717, 1.165) is 5.69 Å². The lowest BCUT2D eigenvalue weighted by molar-refractivity contribution is -0.116. The van der Waals surface area contributed by atoms with Gasteiger partial charge in [0.05, 0.1) is 16.4 Å². The quantitative estimate of drug-likeness (QED) is 0.708. The zero-order valence-electron chi connectivity index (χ0n) is 15.7. The number of benzene rings is 2. The van der Waals surface area contributed by atoms with Gasteiger partial charge in [-0.25, -0.2) is 4.39 Å². The first kappa shape index (κ1) is 19.9. The van der Waals surface area contributed by atoms with E-state index in [0.29, 0.717) is 29.3 Å². The number of ether oxygens (including phenoxy) is 1. The largest absolute Gasteiger partial charge is 0.490 e. The number of carbonyl (C=O) groups excluding carboxylic acids is 1. The van der Waals surface area contributed by atoms with Gasteiger partial charge in [0.15, 0.2) is 0 Å². The Morgan fingerprint density at radius 2 is 2.07 bits per heavy atom. The molecule has 8 heteroatoms. The van der Waals surface area contributed by atoms with E-state index in [1.165, 1.54) is 12.1 Å². The van der Waals surface area contributed by atoms with Crippen molar-refractivity contribution in [1.29, 1.82) is 0 Å². The number of amides is 1. The topological polar surface area (TPSA) is 82.0 Å². The SMILES string of the molecule is O=C1CCc2c(OC[C@]3(O)CCN(c4ccccc4Cl)C[C@H]3O)ccc(F)c2N1. The molecule has 3 N–H and O–H groups in total. The zero-order chi connectivity index (χ0) is 20.6. The normalized spacial score (nSPS) is 24.1. The summed E-state index contributed by atoms with van der Waals surface area (Å²) in [6.07, 6.45) is -0.176. The standard InChI is InChI=1S/C21H22ClFN2O4/c22-14-3-1-2-4-16(14)25-10-9-21(28,18(26)11-25)12-29-17-7-6-15(23)20-13(17)5-8-19(27)24-20/h1-4,6-7,18,26,28H,5,8-12H2,(H,24,27)/t18-,21-/m1/s1. The number of hydrogen-bond donors (Lipinski definition) is 3. The molecular formula is C21H22ClFN2O4. The number of rotatable bonds is 4. The molecular weight excluding hydrogens is 399 g/mol. The van der Waals surface area contributed by atoms with Crippen LogP contribution in [0.2, 0.25) is 5.02 Å². The summed E-state index contributed by atoms with van der Waals surface area (Å²) in [4.78, 5) is 13.5. The van der Waals surface area contributed by atoms with Gasteiger partial charge in [0.25, 0.3) is 0 Å². The monoisotopic (exact) mass is 420 g/mol. The summed E-state index contributed by atoms with van der Waals surface area (Å²) in [5.74, 6) is -0.364. The fourth-order valence-corrected chi connectivity index (χ4v) is 4.08. The van der Waals surface area contributed by atoms with Crippen molar-refractivity contribution >= 4 is 28.9 Å². The number of anilines is 2. The molecule has 1 fully saturated rings. The molecule has 0 spiro atoms. The Kier molecular flexibility index (Phi) is 5.38. The summed E-state index contributed by atoms with van der Waals surface area (Å²) < 4.78 is 19.8. The van der Waals surface area contributed by atoms with Gasteiger partial charge in [-0.2, -0.15) is 0 Å². The molecule has 2 aromatic carbocycles. The number of β-amino-alcohol motifs (C(OH)–C–C–N with tert-alkyl or cyclic N) is 1. The Labute approximate surface area is 172 Å². The molecule has 2 aromatic rings. The Morgan fingerprint density at radius 3 is 2.83 bits per heavy atom. The Morgan fingerprint density at radius 1 is 1.28 bits per heavy atom. The van der Waals surface area contributed by atoms with Crippen LogP contribution in [-0.4, -0.2) is 47.5 Å². The highest BCUT2D eigenvalue weighted by Crippen LogP contribution is 2.35. The van der Waals surface area contributed by atoms with Crippen LogP contribution >= 0.6 is 11.6 Å². The molecule has 29 heavy (non-hydrogen) atoms. The Hall–Kier alpha value is -2.35. The van der Waals surface area contributed by atoms with Crippen LogP contribution in [0.4, 0.5) is 15.8 Å². The maximum Gasteiger partial charge on any atom is 0.224 e. The average molecular weight is 421 g/mol. The van der Waals surface area contributed by atoms with E-state index < -0.39 is 17.5 Å². The van der Waals surface area contributed by atoms with Crippen LogP contribution in [0.1, 0.15) is 18.4 Å².